The van der Waals surface area contributed by atoms with Crippen LogP contribution < -0.4 is 5.32 Å². The minimum Gasteiger partial charge on any atom is -0.477 e. The van der Waals surface area contributed by atoms with Crippen molar-refractivity contribution in [2.75, 3.05) is 24.2 Å². The molecule has 168 valence electrons. The second-order valence-electron chi connectivity index (χ2n) is 7.20. The zero-order valence-corrected chi connectivity index (χ0v) is 19.5. The van der Waals surface area contributed by atoms with E-state index in [1.807, 2.05) is 0 Å². The monoisotopic (exact) mass is 492 g/mol. The molecule has 3 heterocycles. The van der Waals surface area contributed by atoms with Gasteiger partial charge in [0, 0.05) is 24.2 Å². The molecule has 0 saturated carbocycles. The van der Waals surface area contributed by atoms with E-state index in [-0.39, 0.29) is 21.4 Å². The van der Waals surface area contributed by atoms with E-state index >= 15 is 0 Å². The molecular weight excluding hydrogens is 472 g/mol. The normalized spacial score (nSPS) is 14.7. The van der Waals surface area contributed by atoms with Gasteiger partial charge in [-0.25, -0.2) is 23.2 Å². The minimum absolute atomic E-state index is 0.0207. The van der Waals surface area contributed by atoms with Crippen molar-refractivity contribution < 1.29 is 23.1 Å². The van der Waals surface area contributed by atoms with Gasteiger partial charge < -0.3 is 10.4 Å². The Morgan fingerprint density at radius 2 is 2.00 bits per heavy atom. The SMILES string of the molecule is Cc1c(C(=O)O)sc2ncnc(SCC(=O)Nc3cccc(S(=O)(=O)N4CCCC4)c3)c12. The smallest absolute Gasteiger partial charge is 0.346 e. The van der Waals surface area contributed by atoms with Crippen molar-refractivity contribution in [1.82, 2.24) is 14.3 Å². The third-order valence-corrected chi connectivity index (χ3v) is 9.12. The summed E-state index contributed by atoms with van der Waals surface area (Å²) in [5, 5.41) is 13.2. The van der Waals surface area contributed by atoms with Crippen LogP contribution in [-0.2, 0) is 14.8 Å². The molecule has 0 spiro atoms. The first-order valence-electron chi connectivity index (χ1n) is 9.77. The number of carboxylic acids is 1. The average molecular weight is 493 g/mol. The van der Waals surface area contributed by atoms with Crippen LogP contribution in [0.25, 0.3) is 10.2 Å². The number of nitrogens with zero attached hydrogens (tertiary/aromatic N) is 3. The minimum atomic E-state index is -3.57. The summed E-state index contributed by atoms with van der Waals surface area (Å²) in [6.07, 6.45) is 3.04. The molecule has 9 nitrogen and oxygen atoms in total. The number of thioether (sulfide) groups is 1. The number of carboxylic acid groups (broad SMARTS) is 1. The molecule has 0 radical (unpaired) electrons. The van der Waals surface area contributed by atoms with Crippen LogP contribution in [0.4, 0.5) is 5.69 Å². The van der Waals surface area contributed by atoms with Crippen LogP contribution >= 0.6 is 23.1 Å². The van der Waals surface area contributed by atoms with E-state index in [1.54, 1.807) is 19.1 Å². The Bertz CT molecular complexity index is 1300. The number of carbonyl (C=O) groups is 2. The van der Waals surface area contributed by atoms with E-state index in [0.29, 0.717) is 39.6 Å². The fourth-order valence-corrected chi connectivity index (χ4v) is 6.97. The van der Waals surface area contributed by atoms with Gasteiger partial charge in [-0.2, -0.15) is 4.31 Å². The molecule has 1 aliphatic heterocycles. The maximum absolute atomic E-state index is 12.7. The van der Waals surface area contributed by atoms with Crippen molar-refractivity contribution in [3.63, 3.8) is 0 Å². The zero-order valence-electron chi connectivity index (χ0n) is 17.1. The van der Waals surface area contributed by atoms with Gasteiger partial charge in [0.25, 0.3) is 0 Å². The number of hydrogen-bond acceptors (Lipinski definition) is 8. The molecule has 32 heavy (non-hydrogen) atoms. The number of aromatic carboxylic acids is 1. The molecule has 4 rings (SSSR count). The summed E-state index contributed by atoms with van der Waals surface area (Å²) in [7, 11) is -3.57. The third-order valence-electron chi connectivity index (χ3n) is 5.05. The van der Waals surface area contributed by atoms with Gasteiger partial charge >= 0.3 is 5.97 Å². The molecule has 2 aromatic heterocycles. The molecule has 1 saturated heterocycles. The Hall–Kier alpha value is -2.54. The lowest BCUT2D eigenvalue weighted by molar-refractivity contribution is -0.113. The first kappa shape index (κ1) is 22.6. The highest BCUT2D eigenvalue weighted by Gasteiger charge is 2.27. The summed E-state index contributed by atoms with van der Waals surface area (Å²) in [5.41, 5.74) is 0.962. The summed E-state index contributed by atoms with van der Waals surface area (Å²) < 4.78 is 26.9. The van der Waals surface area contributed by atoms with E-state index in [1.165, 1.54) is 34.5 Å². The van der Waals surface area contributed by atoms with E-state index < -0.39 is 16.0 Å². The van der Waals surface area contributed by atoms with Gasteiger partial charge in [-0.15, -0.1) is 11.3 Å². The maximum atomic E-state index is 12.7. The number of anilines is 1. The topological polar surface area (TPSA) is 130 Å². The predicted octanol–water partition coefficient (Wildman–Crippen LogP) is 3.21. The number of thiophene rings is 1. The number of fused-ring (bicyclic) bond motifs is 1. The second kappa shape index (κ2) is 9.14. The van der Waals surface area contributed by atoms with Gasteiger partial charge in [-0.05, 0) is 43.5 Å². The highest BCUT2D eigenvalue weighted by Crippen LogP contribution is 2.35. The standard InChI is InChI=1S/C20H20N4O5S3/c1-12-16-18(21-11-22-19(16)31-17(12)20(26)27)30-10-15(25)23-13-5-4-6-14(9-13)32(28,29)24-7-2-3-8-24/h4-6,9,11H,2-3,7-8,10H2,1H3,(H,23,25)(H,26,27). The summed E-state index contributed by atoms with van der Waals surface area (Å²) >= 11 is 2.24. The van der Waals surface area contributed by atoms with Crippen LogP contribution in [-0.4, -0.2) is 58.5 Å². The number of rotatable bonds is 7. The van der Waals surface area contributed by atoms with Crippen molar-refractivity contribution in [3.05, 3.63) is 41.0 Å². The number of amides is 1. The van der Waals surface area contributed by atoms with Gasteiger partial charge in [0.05, 0.1) is 10.6 Å². The lowest BCUT2D eigenvalue weighted by atomic mass is 10.2. The molecule has 1 aliphatic rings. The number of nitrogens with one attached hydrogen (secondary N) is 1. The molecule has 1 amide bonds. The van der Waals surface area contributed by atoms with Crippen LogP contribution in [0, 0.1) is 6.92 Å². The van der Waals surface area contributed by atoms with Gasteiger partial charge in [0.15, 0.2) is 0 Å². The zero-order chi connectivity index (χ0) is 22.9. The molecule has 0 unspecified atom stereocenters. The van der Waals surface area contributed by atoms with Gasteiger partial charge in [-0.3, -0.25) is 4.79 Å². The van der Waals surface area contributed by atoms with E-state index in [2.05, 4.69) is 15.3 Å². The molecule has 3 aromatic rings. The molecule has 1 aromatic carbocycles. The average Bonchev–Trinajstić information content (AvgIpc) is 3.42. The van der Waals surface area contributed by atoms with Gasteiger partial charge in [0.1, 0.15) is 21.1 Å². The maximum Gasteiger partial charge on any atom is 0.346 e. The quantitative estimate of drug-likeness (QED) is 0.380. The molecule has 2 N–H and O–H groups in total. The van der Waals surface area contributed by atoms with Gasteiger partial charge in [-0.1, -0.05) is 17.8 Å². The van der Waals surface area contributed by atoms with Gasteiger partial charge in [0.2, 0.25) is 15.9 Å². The van der Waals surface area contributed by atoms with Crippen molar-refractivity contribution in [2.45, 2.75) is 29.7 Å². The Balaban J connectivity index is 1.47. The Morgan fingerprint density at radius 3 is 2.72 bits per heavy atom. The first-order chi connectivity index (χ1) is 15.3. The van der Waals surface area contributed by atoms with E-state index in [9.17, 15) is 23.1 Å². The molecule has 1 fully saturated rings. The largest absolute Gasteiger partial charge is 0.477 e. The number of hydrogen-bond donors (Lipinski definition) is 2. The van der Waals surface area contributed by atoms with E-state index in [0.717, 1.165) is 24.2 Å². The first-order valence-corrected chi connectivity index (χ1v) is 13.0. The van der Waals surface area contributed by atoms with Crippen molar-refractivity contribution in [2.24, 2.45) is 0 Å². The number of carbonyl (C=O) groups excluding carboxylic acids is 1. The van der Waals surface area contributed by atoms with Crippen LogP contribution in [0.3, 0.4) is 0 Å². The molecular formula is C20H20N4O5S3. The fourth-order valence-electron chi connectivity index (χ4n) is 3.50. The summed E-state index contributed by atoms with van der Waals surface area (Å²) in [5.74, 6) is -1.33. The number of aromatic nitrogens is 2. The summed E-state index contributed by atoms with van der Waals surface area (Å²) in [6, 6.07) is 6.22. The van der Waals surface area contributed by atoms with E-state index in [4.69, 9.17) is 0 Å². The summed E-state index contributed by atoms with van der Waals surface area (Å²) in [4.78, 5) is 33.2. The Kier molecular flexibility index (Phi) is 6.47. The van der Waals surface area contributed by atoms with Crippen LogP contribution in [0.5, 0.6) is 0 Å². The molecule has 0 aliphatic carbocycles. The Labute approximate surface area is 192 Å². The van der Waals surface area contributed by atoms with Crippen molar-refractivity contribution >= 4 is 60.9 Å². The van der Waals surface area contributed by atoms with Crippen molar-refractivity contribution in [3.8, 4) is 0 Å². The molecule has 0 bridgehead atoms. The highest BCUT2D eigenvalue weighted by atomic mass is 32.2. The molecule has 0 atom stereocenters. The van der Waals surface area contributed by atoms with Crippen LogP contribution in [0.2, 0.25) is 0 Å². The lowest BCUT2D eigenvalue weighted by Gasteiger charge is -2.16. The van der Waals surface area contributed by atoms with Crippen LogP contribution in [0.15, 0.2) is 40.5 Å². The Morgan fingerprint density at radius 1 is 1.25 bits per heavy atom. The number of sulfonamides is 1. The van der Waals surface area contributed by atoms with Crippen molar-refractivity contribution in [1.29, 1.82) is 0 Å². The third kappa shape index (κ3) is 4.49. The van der Waals surface area contributed by atoms with Crippen LogP contribution in [0.1, 0.15) is 28.1 Å². The predicted molar refractivity (Wildman–Crippen MR) is 123 cm³/mol. The summed E-state index contributed by atoms with van der Waals surface area (Å²) in [6.45, 7) is 2.71. The molecule has 12 heteroatoms. The fraction of sp³-hybridized carbons (Fsp3) is 0.300. The number of benzene rings is 1. The number of aryl methyl sites for hydroxylation is 1. The highest BCUT2D eigenvalue weighted by molar-refractivity contribution is 8.00. The lowest BCUT2D eigenvalue weighted by Crippen LogP contribution is -2.28. The second-order valence-corrected chi connectivity index (χ2v) is 11.1.